The quantitative estimate of drug-likeness (QED) is 0.777. The van der Waals surface area contributed by atoms with Crippen molar-refractivity contribution in [3.8, 4) is 5.75 Å². The second-order valence-corrected chi connectivity index (χ2v) is 6.60. The summed E-state index contributed by atoms with van der Waals surface area (Å²) in [6.07, 6.45) is 1.91. The molecule has 0 aromatic heterocycles. The molecule has 2 heterocycles. The van der Waals surface area contributed by atoms with Crippen molar-refractivity contribution in [2.45, 2.75) is 25.0 Å². The first-order chi connectivity index (χ1) is 11.7. The molecule has 6 nitrogen and oxygen atoms in total. The molecule has 134 valence electrons. The number of aliphatic hydroxyl groups excluding tert-OH is 1. The number of piperazine rings is 1. The van der Waals surface area contributed by atoms with E-state index in [4.69, 9.17) is 9.47 Å². The van der Waals surface area contributed by atoms with Gasteiger partial charge in [0, 0.05) is 39.3 Å². The molecule has 2 aliphatic rings. The molecule has 0 bridgehead atoms. The van der Waals surface area contributed by atoms with Crippen molar-refractivity contribution in [1.29, 1.82) is 0 Å². The van der Waals surface area contributed by atoms with Crippen molar-refractivity contribution in [2.24, 2.45) is 0 Å². The Kier molecular flexibility index (Phi) is 6.31. The zero-order valence-corrected chi connectivity index (χ0v) is 14.1. The number of aliphatic hydroxyl groups is 1. The second-order valence-electron chi connectivity index (χ2n) is 6.60. The largest absolute Gasteiger partial charge is 0.506 e. The Hall–Kier alpha value is -1.34. The van der Waals surface area contributed by atoms with Crippen molar-refractivity contribution < 1.29 is 19.7 Å². The summed E-state index contributed by atoms with van der Waals surface area (Å²) in [6.45, 7) is 5.84. The minimum atomic E-state index is -0.469. The number of anilines is 1. The highest BCUT2D eigenvalue weighted by atomic mass is 16.5. The van der Waals surface area contributed by atoms with Crippen LogP contribution in [0.5, 0.6) is 5.75 Å². The number of aromatic hydroxyl groups is 1. The predicted octanol–water partition coefficient (Wildman–Crippen LogP) is 1.07. The molecule has 2 fully saturated rings. The Bertz CT molecular complexity index is 500. The molecular formula is C18H28N2O4. The van der Waals surface area contributed by atoms with E-state index in [0.717, 1.165) is 51.3 Å². The van der Waals surface area contributed by atoms with Gasteiger partial charge in [-0.2, -0.15) is 0 Å². The van der Waals surface area contributed by atoms with Crippen LogP contribution < -0.4 is 4.90 Å². The molecule has 6 heteroatoms. The van der Waals surface area contributed by atoms with Crippen LogP contribution in [0, 0.1) is 0 Å². The standard InChI is InChI=1S/C18H28N2O4/c21-15(13-23-14-16-4-3-11-24-16)12-19-7-9-20(10-8-19)17-5-1-2-6-18(17)22/h1-2,5-6,15-16,21-22H,3-4,7-14H2. The van der Waals surface area contributed by atoms with Crippen LogP contribution in [0.4, 0.5) is 5.69 Å². The maximum absolute atomic E-state index is 10.1. The number of β-amino-alcohol motifs (C(OH)–C–C–N with tert-alkyl or cyclic N) is 1. The Morgan fingerprint density at radius 3 is 2.71 bits per heavy atom. The van der Waals surface area contributed by atoms with Crippen molar-refractivity contribution in [3.05, 3.63) is 24.3 Å². The minimum Gasteiger partial charge on any atom is -0.506 e. The van der Waals surface area contributed by atoms with Crippen LogP contribution in [-0.2, 0) is 9.47 Å². The predicted molar refractivity (Wildman–Crippen MR) is 92.6 cm³/mol. The molecule has 2 N–H and O–H groups in total. The zero-order chi connectivity index (χ0) is 16.8. The van der Waals surface area contributed by atoms with E-state index in [1.807, 2.05) is 18.2 Å². The molecule has 0 amide bonds. The van der Waals surface area contributed by atoms with Crippen LogP contribution in [0.15, 0.2) is 24.3 Å². The number of phenolic OH excluding ortho intramolecular Hbond substituents is 1. The Morgan fingerprint density at radius 1 is 1.21 bits per heavy atom. The van der Waals surface area contributed by atoms with Gasteiger partial charge in [-0.05, 0) is 25.0 Å². The van der Waals surface area contributed by atoms with E-state index in [0.29, 0.717) is 25.5 Å². The van der Waals surface area contributed by atoms with E-state index >= 15 is 0 Å². The number of hydrogen-bond donors (Lipinski definition) is 2. The first-order valence-electron chi connectivity index (χ1n) is 8.85. The second kappa shape index (κ2) is 8.67. The van der Waals surface area contributed by atoms with Crippen LogP contribution in [-0.4, -0.2) is 79.9 Å². The molecule has 0 saturated carbocycles. The lowest BCUT2D eigenvalue weighted by atomic mass is 10.2. The topological polar surface area (TPSA) is 65.4 Å². The number of para-hydroxylation sites is 2. The third-order valence-electron chi connectivity index (χ3n) is 4.70. The molecule has 2 aliphatic heterocycles. The summed E-state index contributed by atoms with van der Waals surface area (Å²) >= 11 is 0. The molecule has 1 aromatic rings. The van der Waals surface area contributed by atoms with Gasteiger partial charge < -0.3 is 24.6 Å². The molecule has 24 heavy (non-hydrogen) atoms. The van der Waals surface area contributed by atoms with Crippen LogP contribution in [0.3, 0.4) is 0 Å². The number of hydrogen-bond acceptors (Lipinski definition) is 6. The Morgan fingerprint density at radius 2 is 2.00 bits per heavy atom. The summed E-state index contributed by atoms with van der Waals surface area (Å²) in [5.74, 6) is 0.327. The van der Waals surface area contributed by atoms with Gasteiger partial charge in [-0.3, -0.25) is 4.90 Å². The number of ether oxygens (including phenoxy) is 2. The van der Waals surface area contributed by atoms with E-state index in [9.17, 15) is 10.2 Å². The molecule has 0 aliphatic carbocycles. The SMILES string of the molecule is Oc1ccccc1N1CCN(CC(O)COCC2CCCO2)CC1. The van der Waals surface area contributed by atoms with Crippen LogP contribution in [0.25, 0.3) is 0 Å². The van der Waals surface area contributed by atoms with E-state index in [1.54, 1.807) is 6.07 Å². The molecule has 2 atom stereocenters. The van der Waals surface area contributed by atoms with Gasteiger partial charge in [0.05, 0.1) is 31.1 Å². The minimum absolute atomic E-state index is 0.208. The zero-order valence-electron chi connectivity index (χ0n) is 14.1. The van der Waals surface area contributed by atoms with Gasteiger partial charge in [-0.25, -0.2) is 0 Å². The normalized spacial score (nSPS) is 23.5. The van der Waals surface area contributed by atoms with Gasteiger partial charge in [-0.1, -0.05) is 12.1 Å². The van der Waals surface area contributed by atoms with Crippen LogP contribution in [0.2, 0.25) is 0 Å². The highest BCUT2D eigenvalue weighted by Gasteiger charge is 2.21. The lowest BCUT2D eigenvalue weighted by Gasteiger charge is -2.37. The fraction of sp³-hybridized carbons (Fsp3) is 0.667. The molecule has 2 unspecified atom stereocenters. The highest BCUT2D eigenvalue weighted by molar-refractivity contribution is 5.57. The molecule has 1 aromatic carbocycles. The van der Waals surface area contributed by atoms with E-state index in [1.165, 1.54) is 0 Å². The van der Waals surface area contributed by atoms with E-state index in [2.05, 4.69) is 9.80 Å². The Labute approximate surface area is 143 Å². The summed E-state index contributed by atoms with van der Waals surface area (Å²) in [5, 5.41) is 20.1. The number of benzene rings is 1. The van der Waals surface area contributed by atoms with Crippen molar-refractivity contribution in [1.82, 2.24) is 4.90 Å². The van der Waals surface area contributed by atoms with Crippen LogP contribution in [0.1, 0.15) is 12.8 Å². The monoisotopic (exact) mass is 336 g/mol. The third kappa shape index (κ3) is 4.83. The van der Waals surface area contributed by atoms with Crippen LogP contribution >= 0.6 is 0 Å². The molecule has 0 spiro atoms. The van der Waals surface area contributed by atoms with Crippen molar-refractivity contribution >= 4 is 5.69 Å². The van der Waals surface area contributed by atoms with E-state index < -0.39 is 6.10 Å². The average Bonchev–Trinajstić information content (AvgIpc) is 3.10. The summed E-state index contributed by atoms with van der Waals surface area (Å²) in [5.41, 5.74) is 0.887. The number of phenols is 1. The number of rotatable bonds is 7. The maximum atomic E-state index is 10.1. The number of nitrogens with zero attached hydrogens (tertiary/aromatic N) is 2. The summed E-state index contributed by atoms with van der Waals surface area (Å²) < 4.78 is 11.1. The smallest absolute Gasteiger partial charge is 0.138 e. The lowest BCUT2D eigenvalue weighted by molar-refractivity contribution is -0.0254. The fourth-order valence-electron chi connectivity index (χ4n) is 3.36. The van der Waals surface area contributed by atoms with Gasteiger partial charge in [0.15, 0.2) is 0 Å². The van der Waals surface area contributed by atoms with Gasteiger partial charge in [0.2, 0.25) is 0 Å². The van der Waals surface area contributed by atoms with Gasteiger partial charge in [0.25, 0.3) is 0 Å². The molecule has 2 saturated heterocycles. The molecule has 0 radical (unpaired) electrons. The van der Waals surface area contributed by atoms with Gasteiger partial charge >= 0.3 is 0 Å². The third-order valence-corrected chi connectivity index (χ3v) is 4.70. The van der Waals surface area contributed by atoms with Crippen molar-refractivity contribution in [2.75, 3.05) is 57.4 Å². The molecular weight excluding hydrogens is 308 g/mol. The summed E-state index contributed by atoms with van der Waals surface area (Å²) in [6, 6.07) is 7.44. The van der Waals surface area contributed by atoms with Crippen molar-refractivity contribution in [3.63, 3.8) is 0 Å². The molecule has 3 rings (SSSR count). The fourth-order valence-corrected chi connectivity index (χ4v) is 3.36. The lowest BCUT2D eigenvalue weighted by Crippen LogP contribution is -2.49. The first kappa shape index (κ1) is 17.5. The maximum Gasteiger partial charge on any atom is 0.138 e. The summed E-state index contributed by atoms with van der Waals surface area (Å²) in [4.78, 5) is 4.43. The van der Waals surface area contributed by atoms with Gasteiger partial charge in [-0.15, -0.1) is 0 Å². The summed E-state index contributed by atoms with van der Waals surface area (Å²) in [7, 11) is 0. The Balaban J connectivity index is 1.35. The average molecular weight is 336 g/mol. The highest BCUT2D eigenvalue weighted by Crippen LogP contribution is 2.27. The van der Waals surface area contributed by atoms with E-state index in [-0.39, 0.29) is 6.10 Å². The first-order valence-corrected chi connectivity index (χ1v) is 8.85. The van der Waals surface area contributed by atoms with Gasteiger partial charge in [0.1, 0.15) is 5.75 Å².